The summed E-state index contributed by atoms with van der Waals surface area (Å²) in [6.45, 7) is 3.96. The topological polar surface area (TPSA) is 59.3 Å². The third kappa shape index (κ3) is 5.85. The highest BCUT2D eigenvalue weighted by molar-refractivity contribution is 6.20. The number of benzene rings is 3. The molecule has 0 heterocycles. The number of nitrogens with zero attached hydrogens (tertiary/aromatic N) is 1. The molecular weight excluding hydrogens is 398 g/mol. The summed E-state index contributed by atoms with van der Waals surface area (Å²) in [5.41, 5.74) is 2.93. The Hall–Kier alpha value is -3.29. The summed E-state index contributed by atoms with van der Waals surface area (Å²) in [5.74, 6) is 0.794. The molecule has 0 unspecified atom stereocenters. The second-order valence-electron chi connectivity index (χ2n) is 7.07. The molecule has 0 spiro atoms. The smallest absolute Gasteiger partial charge is 0.343 e. The van der Waals surface area contributed by atoms with Gasteiger partial charge in [0.15, 0.2) is 0 Å². The Bertz CT molecular complexity index is 1020. The molecule has 0 saturated heterocycles. The maximum atomic E-state index is 12.2. The van der Waals surface area contributed by atoms with Crippen LogP contribution < -0.4 is 9.47 Å². The minimum Gasteiger partial charge on any atom is -0.491 e. The lowest BCUT2D eigenvalue weighted by molar-refractivity contribution is 0.0735. The fraction of sp³-hybridized carbons (Fsp3) is 0.200. The number of carbonyl (C=O) groups excluding carboxylic acids is 1. The Kier molecular flexibility index (Phi) is 7.11. The van der Waals surface area contributed by atoms with E-state index >= 15 is 0 Å². The van der Waals surface area contributed by atoms with Crippen LogP contribution in [0.4, 0.5) is 0 Å². The number of esters is 1. The van der Waals surface area contributed by atoms with Gasteiger partial charge in [-0.3, -0.25) is 0 Å². The van der Waals surface area contributed by atoms with Crippen molar-refractivity contribution in [2.24, 2.45) is 0 Å². The lowest BCUT2D eigenvalue weighted by Crippen LogP contribution is -2.15. The van der Waals surface area contributed by atoms with E-state index in [1.54, 1.807) is 36.4 Å². The van der Waals surface area contributed by atoms with Crippen molar-refractivity contribution < 1.29 is 14.3 Å². The Balaban J connectivity index is 1.62. The Labute approximate surface area is 181 Å². The minimum atomic E-state index is -0.464. The quantitative estimate of drug-likeness (QED) is 0.259. The first-order chi connectivity index (χ1) is 14.4. The molecule has 3 rings (SSSR count). The van der Waals surface area contributed by atoms with Crippen LogP contribution in [0.15, 0.2) is 72.8 Å². The summed E-state index contributed by atoms with van der Waals surface area (Å²) in [6.07, 6.45) is 0.833. The van der Waals surface area contributed by atoms with Crippen LogP contribution in [0.25, 0.3) is 11.1 Å². The van der Waals surface area contributed by atoms with Crippen molar-refractivity contribution in [2.45, 2.75) is 31.7 Å². The third-order valence-corrected chi connectivity index (χ3v) is 4.67. The number of nitriles is 1. The Morgan fingerprint density at radius 3 is 1.93 bits per heavy atom. The monoisotopic (exact) mass is 419 g/mol. The lowest BCUT2D eigenvalue weighted by Gasteiger charge is -2.16. The highest BCUT2D eigenvalue weighted by atomic mass is 35.5. The van der Waals surface area contributed by atoms with E-state index in [1.807, 2.05) is 56.3 Å². The molecule has 0 bridgehead atoms. The zero-order valence-electron chi connectivity index (χ0n) is 16.8. The fourth-order valence-electron chi connectivity index (χ4n) is 3.03. The van der Waals surface area contributed by atoms with E-state index < -0.39 is 5.97 Å². The Morgan fingerprint density at radius 1 is 0.900 bits per heavy atom. The predicted molar refractivity (Wildman–Crippen MR) is 118 cm³/mol. The molecule has 0 amide bonds. The van der Waals surface area contributed by atoms with Crippen molar-refractivity contribution in [3.8, 4) is 28.7 Å². The molecule has 2 atom stereocenters. The summed E-state index contributed by atoms with van der Waals surface area (Å²) in [5, 5.41) is 8.90. The molecule has 5 heteroatoms. The van der Waals surface area contributed by atoms with Crippen LogP contribution in [0.2, 0.25) is 0 Å². The summed E-state index contributed by atoms with van der Waals surface area (Å²) in [4.78, 5) is 12.2. The van der Waals surface area contributed by atoms with Gasteiger partial charge in [-0.2, -0.15) is 5.26 Å². The van der Waals surface area contributed by atoms with E-state index in [4.69, 9.17) is 26.3 Å². The molecule has 0 aliphatic carbocycles. The molecule has 30 heavy (non-hydrogen) atoms. The normalized spacial score (nSPS) is 12.5. The van der Waals surface area contributed by atoms with Crippen molar-refractivity contribution in [1.82, 2.24) is 0 Å². The van der Waals surface area contributed by atoms with Gasteiger partial charge in [0.2, 0.25) is 0 Å². The van der Waals surface area contributed by atoms with Gasteiger partial charge in [0.1, 0.15) is 11.5 Å². The molecule has 0 saturated carbocycles. The molecule has 4 nitrogen and oxygen atoms in total. The first-order valence-electron chi connectivity index (χ1n) is 9.68. The molecule has 0 N–H and O–H groups in total. The number of carbonyl (C=O) groups is 1. The average molecular weight is 420 g/mol. The van der Waals surface area contributed by atoms with Gasteiger partial charge in [-0.05, 0) is 73.5 Å². The van der Waals surface area contributed by atoms with E-state index in [-0.39, 0.29) is 11.5 Å². The second kappa shape index (κ2) is 9.96. The van der Waals surface area contributed by atoms with Gasteiger partial charge in [0.25, 0.3) is 0 Å². The van der Waals surface area contributed by atoms with Crippen LogP contribution in [0.1, 0.15) is 36.2 Å². The maximum Gasteiger partial charge on any atom is 0.343 e. The summed E-state index contributed by atoms with van der Waals surface area (Å²) < 4.78 is 11.3. The van der Waals surface area contributed by atoms with Crippen molar-refractivity contribution in [3.05, 3.63) is 83.9 Å². The molecule has 0 aliphatic heterocycles. The fourth-order valence-corrected chi connectivity index (χ4v) is 3.28. The van der Waals surface area contributed by atoms with E-state index in [0.29, 0.717) is 16.9 Å². The lowest BCUT2D eigenvalue weighted by atomic mass is 10.1. The van der Waals surface area contributed by atoms with E-state index in [1.165, 1.54) is 0 Å². The van der Waals surface area contributed by atoms with Gasteiger partial charge in [-0.25, -0.2) is 4.79 Å². The van der Waals surface area contributed by atoms with Gasteiger partial charge in [-0.15, -0.1) is 11.6 Å². The highest BCUT2D eigenvalue weighted by Crippen LogP contribution is 2.26. The molecule has 0 aromatic heterocycles. The first kappa shape index (κ1) is 21.4. The second-order valence-corrected chi connectivity index (χ2v) is 7.82. The molecule has 0 fully saturated rings. The van der Waals surface area contributed by atoms with Gasteiger partial charge in [0, 0.05) is 11.8 Å². The van der Waals surface area contributed by atoms with Crippen LogP contribution in [-0.2, 0) is 0 Å². The van der Waals surface area contributed by atoms with Crippen LogP contribution in [0, 0.1) is 11.3 Å². The van der Waals surface area contributed by atoms with Crippen LogP contribution in [-0.4, -0.2) is 17.5 Å². The van der Waals surface area contributed by atoms with Crippen molar-refractivity contribution in [3.63, 3.8) is 0 Å². The largest absolute Gasteiger partial charge is 0.491 e. The number of halogens is 1. The maximum absolute atomic E-state index is 12.2. The SMILES string of the molecule is C[C@H](Cl)C[C@H](C)Oc1ccc(-c2ccc(OC(=O)c3ccc(C#N)cc3)cc2)cc1. The van der Waals surface area contributed by atoms with E-state index in [2.05, 4.69) is 0 Å². The number of alkyl halides is 1. The minimum absolute atomic E-state index is 0.0495. The zero-order chi connectivity index (χ0) is 21.5. The van der Waals surface area contributed by atoms with Gasteiger partial charge >= 0.3 is 5.97 Å². The number of ether oxygens (including phenoxy) is 2. The zero-order valence-corrected chi connectivity index (χ0v) is 17.6. The summed E-state index contributed by atoms with van der Waals surface area (Å²) in [7, 11) is 0. The van der Waals surface area contributed by atoms with Crippen molar-refractivity contribution >= 4 is 17.6 Å². The van der Waals surface area contributed by atoms with Crippen LogP contribution in [0.3, 0.4) is 0 Å². The molecule has 3 aromatic carbocycles. The van der Waals surface area contributed by atoms with E-state index in [9.17, 15) is 4.79 Å². The predicted octanol–water partition coefficient (Wildman–Crippen LogP) is 6.23. The average Bonchev–Trinajstić information content (AvgIpc) is 2.74. The molecule has 0 radical (unpaired) electrons. The van der Waals surface area contributed by atoms with Crippen molar-refractivity contribution in [2.75, 3.05) is 0 Å². The number of hydrogen-bond acceptors (Lipinski definition) is 4. The molecule has 152 valence electrons. The third-order valence-electron chi connectivity index (χ3n) is 4.50. The van der Waals surface area contributed by atoms with E-state index in [0.717, 1.165) is 23.3 Å². The number of hydrogen-bond donors (Lipinski definition) is 0. The highest BCUT2D eigenvalue weighted by Gasteiger charge is 2.10. The molecule has 3 aromatic rings. The summed E-state index contributed by atoms with van der Waals surface area (Å²) in [6, 6.07) is 23.5. The molecular formula is C25H22ClNO3. The van der Waals surface area contributed by atoms with Crippen LogP contribution >= 0.6 is 11.6 Å². The Morgan fingerprint density at radius 2 is 1.43 bits per heavy atom. The van der Waals surface area contributed by atoms with Crippen LogP contribution in [0.5, 0.6) is 11.5 Å². The first-order valence-corrected chi connectivity index (χ1v) is 10.1. The number of rotatable bonds is 7. The van der Waals surface area contributed by atoms with Gasteiger partial charge < -0.3 is 9.47 Å². The summed E-state index contributed by atoms with van der Waals surface area (Å²) >= 11 is 6.01. The van der Waals surface area contributed by atoms with Gasteiger partial charge in [-0.1, -0.05) is 24.3 Å². The standard InChI is InChI=1S/C25H22ClNO3/c1-17(26)15-18(2)29-23-11-7-20(8-12-23)21-9-13-24(14-10-21)30-25(28)22-5-3-19(16-27)4-6-22/h3-14,17-18H,15H2,1-2H3/t17-,18-/m0/s1. The van der Waals surface area contributed by atoms with Gasteiger partial charge in [0.05, 0.1) is 23.3 Å². The van der Waals surface area contributed by atoms with Crippen molar-refractivity contribution in [1.29, 1.82) is 5.26 Å². The molecule has 0 aliphatic rings.